The molecule has 114 valence electrons. The van der Waals surface area contributed by atoms with Crippen molar-refractivity contribution in [2.45, 2.75) is 18.4 Å². The summed E-state index contributed by atoms with van der Waals surface area (Å²) in [5, 5.41) is 20.9. The van der Waals surface area contributed by atoms with E-state index in [1.807, 2.05) is 0 Å². The first-order chi connectivity index (χ1) is 9.30. The zero-order valence-electron chi connectivity index (χ0n) is 10.4. The first-order valence-electron chi connectivity index (χ1n) is 5.81. The van der Waals surface area contributed by atoms with Crippen LogP contribution in [0.3, 0.4) is 0 Å². The second kappa shape index (κ2) is 7.68. The van der Waals surface area contributed by atoms with E-state index in [0.29, 0.717) is 10.8 Å². The molecule has 3 N–H and O–H groups in total. The molecule has 0 radical (unpaired) electrons. The third-order valence-corrected chi connectivity index (χ3v) is 2.68. The summed E-state index contributed by atoms with van der Waals surface area (Å²) < 4.78 is 41.2. The Labute approximate surface area is 119 Å². The van der Waals surface area contributed by atoms with Crippen LogP contribution in [0, 0.1) is 0 Å². The van der Waals surface area contributed by atoms with E-state index >= 15 is 0 Å². The minimum Gasteiger partial charge on any atom is -0.489 e. The smallest absolute Gasteiger partial charge is 0.415 e. The summed E-state index contributed by atoms with van der Waals surface area (Å²) in [5.74, 6) is 0.378. The number of alkyl halides is 3. The molecule has 2 unspecified atom stereocenters. The normalized spacial score (nSPS) is 14.9. The van der Waals surface area contributed by atoms with Gasteiger partial charge < -0.3 is 20.3 Å². The molecule has 1 aromatic carbocycles. The van der Waals surface area contributed by atoms with Crippen LogP contribution >= 0.6 is 11.6 Å². The van der Waals surface area contributed by atoms with E-state index in [2.05, 4.69) is 5.32 Å². The maximum absolute atomic E-state index is 12.0. The lowest BCUT2D eigenvalue weighted by Crippen LogP contribution is -2.41. The number of hydrogen-bond acceptors (Lipinski definition) is 4. The lowest BCUT2D eigenvalue weighted by Gasteiger charge is -2.17. The molecule has 0 saturated heterocycles. The van der Waals surface area contributed by atoms with Crippen LogP contribution in [-0.2, 0) is 0 Å². The van der Waals surface area contributed by atoms with Gasteiger partial charge in [-0.1, -0.05) is 23.7 Å². The first-order valence-corrected chi connectivity index (χ1v) is 6.19. The molecule has 0 saturated carbocycles. The molecule has 0 aliphatic rings. The number of rotatable bonds is 7. The number of hydrogen-bond donors (Lipinski definition) is 3. The highest BCUT2D eigenvalue weighted by Crippen LogP contribution is 2.23. The fourth-order valence-electron chi connectivity index (χ4n) is 1.31. The van der Waals surface area contributed by atoms with Crippen LogP contribution in [0.1, 0.15) is 0 Å². The summed E-state index contributed by atoms with van der Waals surface area (Å²) in [6.45, 7) is -0.955. The Morgan fingerprint density at radius 2 is 1.85 bits per heavy atom. The average Bonchev–Trinajstić information content (AvgIpc) is 2.36. The summed E-state index contributed by atoms with van der Waals surface area (Å²) in [6, 6.07) is 6.63. The van der Waals surface area contributed by atoms with E-state index in [1.54, 1.807) is 24.3 Å². The van der Waals surface area contributed by atoms with Gasteiger partial charge in [0, 0.05) is 13.1 Å². The van der Waals surface area contributed by atoms with Gasteiger partial charge in [0.25, 0.3) is 0 Å². The number of aliphatic hydroxyl groups is 2. The quantitative estimate of drug-likeness (QED) is 0.715. The number of nitrogens with one attached hydrogen (secondary N) is 1. The van der Waals surface area contributed by atoms with Gasteiger partial charge in [0.2, 0.25) is 0 Å². The van der Waals surface area contributed by atoms with Gasteiger partial charge in [-0.3, -0.25) is 0 Å². The van der Waals surface area contributed by atoms with Crippen molar-refractivity contribution in [3.8, 4) is 5.75 Å². The summed E-state index contributed by atoms with van der Waals surface area (Å²) in [5.41, 5.74) is 0. The molecular weight excluding hydrogens is 299 g/mol. The first kappa shape index (κ1) is 17.0. The zero-order valence-corrected chi connectivity index (χ0v) is 11.2. The van der Waals surface area contributed by atoms with Crippen LogP contribution in [0.5, 0.6) is 5.75 Å². The van der Waals surface area contributed by atoms with Gasteiger partial charge in [-0.2, -0.15) is 13.2 Å². The van der Waals surface area contributed by atoms with Crippen molar-refractivity contribution >= 4 is 11.6 Å². The van der Waals surface area contributed by atoms with Crippen molar-refractivity contribution in [2.24, 2.45) is 0 Å². The average molecular weight is 314 g/mol. The molecule has 0 fully saturated rings. The number of ether oxygens (including phenoxy) is 1. The van der Waals surface area contributed by atoms with E-state index in [0.717, 1.165) is 0 Å². The Morgan fingerprint density at radius 3 is 2.45 bits per heavy atom. The molecule has 0 aliphatic carbocycles. The third kappa shape index (κ3) is 5.96. The molecule has 1 aromatic rings. The van der Waals surface area contributed by atoms with E-state index in [9.17, 15) is 18.3 Å². The maximum Gasteiger partial charge on any atom is 0.415 e. The standard InChI is InChI=1S/C12H15ClF3NO3/c13-9-3-1-2-4-10(9)20-7-8(18)5-17-6-11(19)12(14,15)16/h1-4,8,11,17-19H,5-7H2. The Balaban J connectivity index is 2.24. The van der Waals surface area contributed by atoms with Crippen LogP contribution in [0.25, 0.3) is 0 Å². The molecule has 1 rings (SSSR count). The largest absolute Gasteiger partial charge is 0.489 e. The Bertz CT molecular complexity index is 417. The van der Waals surface area contributed by atoms with Crippen LogP contribution in [0.4, 0.5) is 13.2 Å². The second-order valence-electron chi connectivity index (χ2n) is 4.11. The van der Waals surface area contributed by atoms with Gasteiger partial charge in [-0.15, -0.1) is 0 Å². The second-order valence-corrected chi connectivity index (χ2v) is 4.52. The van der Waals surface area contributed by atoms with E-state index < -0.39 is 24.9 Å². The summed E-state index contributed by atoms with van der Waals surface area (Å²) in [4.78, 5) is 0. The van der Waals surface area contributed by atoms with Crippen molar-refractivity contribution in [3.63, 3.8) is 0 Å². The third-order valence-electron chi connectivity index (χ3n) is 2.36. The predicted molar refractivity (Wildman–Crippen MR) is 67.9 cm³/mol. The van der Waals surface area contributed by atoms with Crippen LogP contribution in [0.15, 0.2) is 24.3 Å². The highest BCUT2D eigenvalue weighted by atomic mass is 35.5. The molecule has 0 aliphatic heterocycles. The van der Waals surface area contributed by atoms with Gasteiger partial charge in [0.1, 0.15) is 18.5 Å². The van der Waals surface area contributed by atoms with Crippen LogP contribution in [0.2, 0.25) is 5.02 Å². The molecule has 0 amide bonds. The van der Waals surface area contributed by atoms with E-state index in [-0.39, 0.29) is 13.2 Å². The molecular formula is C12H15ClF3NO3. The Kier molecular flexibility index (Phi) is 6.54. The SMILES string of the molecule is OC(CNCC(O)C(F)(F)F)COc1ccccc1Cl. The minimum absolute atomic E-state index is 0.126. The van der Waals surface area contributed by atoms with E-state index in [4.69, 9.17) is 21.4 Å². The van der Waals surface area contributed by atoms with Crippen LogP contribution in [-0.4, -0.2) is 48.3 Å². The summed E-state index contributed by atoms with van der Waals surface area (Å²) in [6.07, 6.45) is -8.16. The van der Waals surface area contributed by atoms with Gasteiger partial charge >= 0.3 is 6.18 Å². The highest BCUT2D eigenvalue weighted by Gasteiger charge is 2.37. The van der Waals surface area contributed by atoms with Crippen LogP contribution < -0.4 is 10.1 Å². The molecule has 4 nitrogen and oxygen atoms in total. The molecule has 0 aromatic heterocycles. The van der Waals surface area contributed by atoms with Gasteiger partial charge in [-0.05, 0) is 12.1 Å². The lowest BCUT2D eigenvalue weighted by molar-refractivity contribution is -0.202. The topological polar surface area (TPSA) is 61.7 Å². The monoisotopic (exact) mass is 313 g/mol. The van der Waals surface area contributed by atoms with Crippen molar-refractivity contribution in [1.82, 2.24) is 5.32 Å². The van der Waals surface area contributed by atoms with E-state index in [1.165, 1.54) is 0 Å². The Hall–Kier alpha value is -1.02. The molecule has 20 heavy (non-hydrogen) atoms. The fourth-order valence-corrected chi connectivity index (χ4v) is 1.50. The van der Waals surface area contributed by atoms with Gasteiger partial charge in [0.05, 0.1) is 5.02 Å². The lowest BCUT2D eigenvalue weighted by atomic mass is 10.3. The molecule has 0 heterocycles. The molecule has 2 atom stereocenters. The number of aliphatic hydroxyl groups excluding tert-OH is 2. The highest BCUT2D eigenvalue weighted by molar-refractivity contribution is 6.32. The molecule has 0 spiro atoms. The van der Waals surface area contributed by atoms with Gasteiger partial charge in [-0.25, -0.2) is 0 Å². The van der Waals surface area contributed by atoms with Gasteiger partial charge in [0.15, 0.2) is 6.10 Å². The fraction of sp³-hybridized carbons (Fsp3) is 0.500. The molecule has 8 heteroatoms. The summed E-state index contributed by atoms with van der Waals surface area (Å²) in [7, 11) is 0. The summed E-state index contributed by atoms with van der Waals surface area (Å²) >= 11 is 5.82. The van der Waals surface area contributed by atoms with Crippen molar-refractivity contribution in [1.29, 1.82) is 0 Å². The number of benzene rings is 1. The van der Waals surface area contributed by atoms with Crippen molar-refractivity contribution in [2.75, 3.05) is 19.7 Å². The van der Waals surface area contributed by atoms with Crippen molar-refractivity contribution < 1.29 is 28.1 Å². The Morgan fingerprint density at radius 1 is 1.20 bits per heavy atom. The number of halogens is 4. The van der Waals surface area contributed by atoms with Crippen molar-refractivity contribution in [3.05, 3.63) is 29.3 Å². The maximum atomic E-state index is 12.0. The number of para-hydroxylation sites is 1. The predicted octanol–water partition coefficient (Wildman–Crippen LogP) is 1.59. The minimum atomic E-state index is -4.67. The molecule has 0 bridgehead atoms. The zero-order chi connectivity index (χ0) is 15.2.